The third-order valence-electron chi connectivity index (χ3n) is 1.02. The number of hydrogen-bond acceptors (Lipinski definition) is 1. The SMILES string of the molecule is COC(C)[CH]CC(F)F. The summed E-state index contributed by atoms with van der Waals surface area (Å²) in [5, 5.41) is 0. The van der Waals surface area contributed by atoms with Gasteiger partial charge in [-0.1, -0.05) is 0 Å². The number of halogens is 2. The highest BCUT2D eigenvalue weighted by Crippen LogP contribution is 2.05. The molecular formula is C6H11F2O. The Balaban J connectivity index is 3.06. The van der Waals surface area contributed by atoms with E-state index in [0.29, 0.717) is 0 Å². The average molecular weight is 137 g/mol. The summed E-state index contributed by atoms with van der Waals surface area (Å²) in [5.41, 5.74) is 0. The van der Waals surface area contributed by atoms with Crippen molar-refractivity contribution in [3.8, 4) is 0 Å². The molecule has 1 atom stereocenters. The molecule has 0 saturated heterocycles. The third-order valence-corrected chi connectivity index (χ3v) is 1.02. The number of rotatable bonds is 4. The smallest absolute Gasteiger partial charge is 0.239 e. The van der Waals surface area contributed by atoms with E-state index in [2.05, 4.69) is 0 Å². The molecule has 0 aliphatic heterocycles. The standard InChI is InChI=1S/C6H11F2O/c1-5(9-2)3-4-6(7)8/h3,5-6H,4H2,1-2H3. The lowest BCUT2D eigenvalue weighted by Gasteiger charge is -2.06. The molecule has 0 aliphatic carbocycles. The minimum atomic E-state index is -2.25. The molecule has 0 fully saturated rings. The number of ether oxygens (including phenoxy) is 1. The van der Waals surface area contributed by atoms with Crippen molar-refractivity contribution in [2.45, 2.75) is 25.9 Å². The lowest BCUT2D eigenvalue weighted by atomic mass is 10.2. The lowest BCUT2D eigenvalue weighted by Crippen LogP contribution is -2.07. The Bertz CT molecular complexity index is 66.1. The van der Waals surface area contributed by atoms with Gasteiger partial charge in [-0.25, -0.2) is 8.78 Å². The maximum absolute atomic E-state index is 11.4. The zero-order valence-electron chi connectivity index (χ0n) is 5.60. The van der Waals surface area contributed by atoms with Crippen molar-refractivity contribution in [2.75, 3.05) is 7.11 Å². The van der Waals surface area contributed by atoms with Gasteiger partial charge in [-0.05, 0) is 13.3 Å². The first-order valence-corrected chi connectivity index (χ1v) is 2.81. The molecule has 55 valence electrons. The van der Waals surface area contributed by atoms with Gasteiger partial charge in [0.15, 0.2) is 0 Å². The van der Waals surface area contributed by atoms with Crippen molar-refractivity contribution in [1.82, 2.24) is 0 Å². The van der Waals surface area contributed by atoms with Crippen LogP contribution in [0.15, 0.2) is 0 Å². The van der Waals surface area contributed by atoms with Crippen LogP contribution in [0.3, 0.4) is 0 Å². The summed E-state index contributed by atoms with van der Waals surface area (Å²) in [6.45, 7) is 1.72. The van der Waals surface area contributed by atoms with Crippen LogP contribution >= 0.6 is 0 Å². The molecule has 0 aromatic carbocycles. The summed E-state index contributed by atoms with van der Waals surface area (Å²) in [6.07, 6.45) is -1.15. The monoisotopic (exact) mass is 137 g/mol. The van der Waals surface area contributed by atoms with Gasteiger partial charge in [0.05, 0.1) is 6.10 Å². The molecule has 9 heavy (non-hydrogen) atoms. The molecule has 0 N–H and O–H groups in total. The van der Waals surface area contributed by atoms with Crippen molar-refractivity contribution in [3.63, 3.8) is 0 Å². The molecule has 1 unspecified atom stereocenters. The predicted molar refractivity (Wildman–Crippen MR) is 31.4 cm³/mol. The minimum absolute atomic E-state index is 0.168. The molecule has 0 bridgehead atoms. The maximum Gasteiger partial charge on any atom is 0.239 e. The molecule has 0 aromatic heterocycles. The Labute approximate surface area is 54.0 Å². The predicted octanol–water partition coefficient (Wildman–Crippen LogP) is 1.88. The van der Waals surface area contributed by atoms with Crippen molar-refractivity contribution >= 4 is 0 Å². The molecule has 0 rings (SSSR count). The van der Waals surface area contributed by atoms with E-state index in [1.165, 1.54) is 13.5 Å². The molecule has 0 saturated carbocycles. The van der Waals surface area contributed by atoms with Crippen LogP contribution in [-0.4, -0.2) is 19.6 Å². The second-order valence-corrected chi connectivity index (χ2v) is 1.80. The lowest BCUT2D eigenvalue weighted by molar-refractivity contribution is 0.109. The van der Waals surface area contributed by atoms with Crippen molar-refractivity contribution < 1.29 is 13.5 Å². The summed E-state index contributed by atoms with van der Waals surface area (Å²) in [5.74, 6) is 0. The van der Waals surface area contributed by atoms with E-state index >= 15 is 0 Å². The number of hydrogen-bond donors (Lipinski definition) is 0. The van der Waals surface area contributed by atoms with Gasteiger partial charge in [-0.15, -0.1) is 0 Å². The van der Waals surface area contributed by atoms with E-state index < -0.39 is 6.43 Å². The van der Waals surface area contributed by atoms with Crippen molar-refractivity contribution in [1.29, 1.82) is 0 Å². The number of methoxy groups -OCH3 is 1. The first-order valence-electron chi connectivity index (χ1n) is 2.81. The van der Waals surface area contributed by atoms with E-state index in [-0.39, 0.29) is 12.5 Å². The van der Waals surface area contributed by atoms with Crippen LogP contribution in [0, 0.1) is 6.42 Å². The topological polar surface area (TPSA) is 9.23 Å². The van der Waals surface area contributed by atoms with E-state index in [4.69, 9.17) is 4.74 Å². The van der Waals surface area contributed by atoms with Gasteiger partial charge in [-0.2, -0.15) is 0 Å². The van der Waals surface area contributed by atoms with E-state index in [1.807, 2.05) is 0 Å². The van der Waals surface area contributed by atoms with Crippen LogP contribution in [0.2, 0.25) is 0 Å². The Kier molecular flexibility index (Phi) is 4.58. The largest absolute Gasteiger partial charge is 0.381 e. The second kappa shape index (κ2) is 4.68. The third kappa shape index (κ3) is 5.69. The second-order valence-electron chi connectivity index (χ2n) is 1.80. The van der Waals surface area contributed by atoms with Gasteiger partial charge in [-0.3, -0.25) is 0 Å². The van der Waals surface area contributed by atoms with Gasteiger partial charge in [0.2, 0.25) is 6.43 Å². The van der Waals surface area contributed by atoms with Gasteiger partial charge in [0.25, 0.3) is 0 Å². The molecule has 0 heterocycles. The molecule has 3 heteroatoms. The Morgan fingerprint density at radius 3 is 2.44 bits per heavy atom. The highest BCUT2D eigenvalue weighted by Gasteiger charge is 2.05. The fourth-order valence-corrected chi connectivity index (χ4v) is 0.391. The summed E-state index contributed by atoms with van der Waals surface area (Å²) < 4.78 is 27.6. The first kappa shape index (κ1) is 8.82. The van der Waals surface area contributed by atoms with Crippen LogP contribution in [0.4, 0.5) is 8.78 Å². The zero-order chi connectivity index (χ0) is 7.28. The van der Waals surface area contributed by atoms with Crippen LogP contribution < -0.4 is 0 Å². The fourth-order valence-electron chi connectivity index (χ4n) is 0.391. The van der Waals surface area contributed by atoms with Crippen molar-refractivity contribution in [2.24, 2.45) is 0 Å². The Morgan fingerprint density at radius 2 is 2.11 bits per heavy atom. The van der Waals surface area contributed by atoms with Gasteiger partial charge in [0.1, 0.15) is 0 Å². The molecule has 0 aliphatic rings. The quantitative estimate of drug-likeness (QED) is 0.574. The van der Waals surface area contributed by atoms with Crippen LogP contribution in [0.25, 0.3) is 0 Å². The Hall–Kier alpha value is -0.180. The maximum atomic E-state index is 11.4. The van der Waals surface area contributed by atoms with Gasteiger partial charge >= 0.3 is 0 Å². The normalized spacial score (nSPS) is 14.3. The molecule has 0 amide bonds. The van der Waals surface area contributed by atoms with Crippen LogP contribution in [-0.2, 0) is 4.74 Å². The average Bonchev–Trinajstić information content (AvgIpc) is 1.83. The highest BCUT2D eigenvalue weighted by atomic mass is 19.3. The van der Waals surface area contributed by atoms with Crippen molar-refractivity contribution in [3.05, 3.63) is 6.42 Å². The molecule has 0 aromatic rings. The van der Waals surface area contributed by atoms with E-state index in [9.17, 15) is 8.78 Å². The van der Waals surface area contributed by atoms with E-state index in [0.717, 1.165) is 0 Å². The minimum Gasteiger partial charge on any atom is -0.381 e. The van der Waals surface area contributed by atoms with Crippen LogP contribution in [0.1, 0.15) is 13.3 Å². The van der Waals surface area contributed by atoms with E-state index in [1.54, 1.807) is 6.92 Å². The fraction of sp³-hybridized carbons (Fsp3) is 0.833. The van der Waals surface area contributed by atoms with Gasteiger partial charge in [0, 0.05) is 13.5 Å². The first-order chi connectivity index (χ1) is 4.16. The molecule has 0 spiro atoms. The Morgan fingerprint density at radius 1 is 1.56 bits per heavy atom. The summed E-state index contributed by atoms with van der Waals surface area (Å²) in [7, 11) is 1.49. The molecular weight excluding hydrogens is 126 g/mol. The summed E-state index contributed by atoms with van der Waals surface area (Å²) >= 11 is 0. The summed E-state index contributed by atoms with van der Waals surface area (Å²) in [6, 6.07) is 0. The van der Waals surface area contributed by atoms with Crippen LogP contribution in [0.5, 0.6) is 0 Å². The highest BCUT2D eigenvalue weighted by molar-refractivity contribution is 4.72. The summed E-state index contributed by atoms with van der Waals surface area (Å²) in [4.78, 5) is 0. The number of alkyl halides is 2. The molecule has 1 radical (unpaired) electrons. The zero-order valence-corrected chi connectivity index (χ0v) is 5.60. The molecule has 1 nitrogen and oxygen atoms in total. The van der Waals surface area contributed by atoms with Gasteiger partial charge < -0.3 is 4.74 Å².